The van der Waals surface area contributed by atoms with Crippen LogP contribution in [-0.2, 0) is 9.53 Å². The number of benzene rings is 1. The number of rotatable bonds is 5. The zero-order valence-electron chi connectivity index (χ0n) is 14.2. The molecule has 1 atom stereocenters. The Morgan fingerprint density at radius 1 is 1.20 bits per heavy atom. The maximum absolute atomic E-state index is 11.7. The van der Waals surface area contributed by atoms with Gasteiger partial charge in [0.15, 0.2) is 0 Å². The molecule has 3 aromatic rings. The van der Waals surface area contributed by atoms with Crippen LogP contribution >= 0.6 is 11.8 Å². The molecule has 5 nitrogen and oxygen atoms in total. The first-order valence-electron chi connectivity index (χ1n) is 7.83. The summed E-state index contributed by atoms with van der Waals surface area (Å²) in [7, 11) is 1.36. The van der Waals surface area contributed by atoms with Gasteiger partial charge in [0, 0.05) is 11.1 Å². The molecule has 2 aromatic heterocycles. The van der Waals surface area contributed by atoms with E-state index in [1.54, 1.807) is 31.8 Å². The molecular formula is C19H18N2O3S. The fourth-order valence-electron chi connectivity index (χ4n) is 2.40. The lowest BCUT2D eigenvalue weighted by molar-refractivity contribution is -0.142. The summed E-state index contributed by atoms with van der Waals surface area (Å²) >= 11 is 1.59. The lowest BCUT2D eigenvalue weighted by Gasteiger charge is -2.05. The van der Waals surface area contributed by atoms with Crippen LogP contribution in [0.1, 0.15) is 24.3 Å². The van der Waals surface area contributed by atoms with E-state index in [0.29, 0.717) is 17.3 Å². The normalized spacial score (nSPS) is 12.0. The minimum atomic E-state index is -0.469. The van der Waals surface area contributed by atoms with E-state index in [9.17, 15) is 4.79 Å². The maximum atomic E-state index is 11.7. The highest BCUT2D eigenvalue weighted by molar-refractivity contribution is 7.99. The third-order valence-electron chi connectivity index (χ3n) is 3.75. The van der Waals surface area contributed by atoms with Gasteiger partial charge in [-0.1, -0.05) is 30.0 Å². The Bertz CT molecular complexity index is 860. The number of hydrogen-bond donors (Lipinski definition) is 0. The second-order valence-electron chi connectivity index (χ2n) is 5.51. The quantitative estimate of drug-likeness (QED) is 0.630. The third kappa shape index (κ3) is 3.91. The Morgan fingerprint density at radius 2 is 1.96 bits per heavy atom. The first-order chi connectivity index (χ1) is 12.1. The molecule has 6 heteroatoms. The van der Waals surface area contributed by atoms with Crippen LogP contribution in [0.3, 0.4) is 0 Å². The zero-order chi connectivity index (χ0) is 17.8. The van der Waals surface area contributed by atoms with Crippen molar-refractivity contribution in [3.05, 3.63) is 60.1 Å². The number of nitrogens with zero attached hydrogens (tertiary/aromatic N) is 2. The number of pyridine rings is 1. The number of carbonyl (C=O) groups is 1. The van der Waals surface area contributed by atoms with Gasteiger partial charge in [-0.25, -0.2) is 9.97 Å². The fraction of sp³-hybridized carbons (Fsp3) is 0.211. The number of aryl methyl sites for hydroxylation is 1. The molecule has 0 aliphatic rings. The highest BCUT2D eigenvalue weighted by atomic mass is 32.2. The van der Waals surface area contributed by atoms with Crippen molar-refractivity contribution in [3.8, 4) is 11.5 Å². The van der Waals surface area contributed by atoms with Gasteiger partial charge in [0.1, 0.15) is 10.8 Å². The molecule has 0 bridgehead atoms. The predicted octanol–water partition coefficient (Wildman–Crippen LogP) is 4.47. The molecule has 0 amide bonds. The van der Waals surface area contributed by atoms with Crippen molar-refractivity contribution >= 4 is 17.7 Å². The molecule has 0 aliphatic carbocycles. The molecule has 0 radical (unpaired) electrons. The number of ether oxygens (including phenoxy) is 1. The van der Waals surface area contributed by atoms with Crippen LogP contribution in [0.5, 0.6) is 0 Å². The minimum absolute atomic E-state index is 0.337. The van der Waals surface area contributed by atoms with Crippen molar-refractivity contribution in [1.29, 1.82) is 0 Å². The number of hydrogen-bond acceptors (Lipinski definition) is 6. The molecular weight excluding hydrogens is 336 g/mol. The number of carbonyl (C=O) groups excluding carboxylic acids is 1. The molecule has 0 fully saturated rings. The van der Waals surface area contributed by atoms with Crippen molar-refractivity contribution in [2.75, 3.05) is 7.11 Å². The molecule has 0 N–H and O–H groups in total. The largest absolute Gasteiger partial charge is 0.469 e. The Balaban J connectivity index is 1.80. The van der Waals surface area contributed by atoms with Crippen LogP contribution in [0, 0.1) is 6.92 Å². The highest BCUT2D eigenvalue weighted by Gasteiger charge is 2.23. The van der Waals surface area contributed by atoms with Crippen LogP contribution in [0.2, 0.25) is 0 Å². The second-order valence-corrected chi connectivity index (χ2v) is 6.60. The van der Waals surface area contributed by atoms with E-state index in [0.717, 1.165) is 15.5 Å². The van der Waals surface area contributed by atoms with E-state index in [2.05, 4.69) is 9.97 Å². The molecule has 0 saturated heterocycles. The number of oxazole rings is 1. The number of aromatic nitrogens is 2. The van der Waals surface area contributed by atoms with Gasteiger partial charge in [-0.2, -0.15) is 0 Å². The van der Waals surface area contributed by atoms with Crippen molar-refractivity contribution < 1.29 is 13.9 Å². The standard InChI is InChI=1S/C19H18N2O3S/c1-12(19(22)23-3)17-13(2)24-18(21-17)14-9-10-16(20-11-14)25-15-7-5-4-6-8-15/h4-12H,1-3H3. The average Bonchev–Trinajstić information content (AvgIpc) is 3.03. The van der Waals surface area contributed by atoms with Crippen LogP contribution < -0.4 is 0 Å². The molecule has 0 saturated carbocycles. The molecule has 3 rings (SSSR count). The summed E-state index contributed by atoms with van der Waals surface area (Å²) in [6, 6.07) is 13.9. The Morgan fingerprint density at radius 3 is 2.60 bits per heavy atom. The molecule has 25 heavy (non-hydrogen) atoms. The van der Waals surface area contributed by atoms with Gasteiger partial charge in [-0.3, -0.25) is 4.79 Å². The Hall–Kier alpha value is -2.60. The summed E-state index contributed by atoms with van der Waals surface area (Å²) in [5.74, 6) is 0.252. The summed E-state index contributed by atoms with van der Waals surface area (Å²) in [4.78, 5) is 21.7. The smallest absolute Gasteiger partial charge is 0.314 e. The van der Waals surface area contributed by atoms with Gasteiger partial charge in [-0.15, -0.1) is 0 Å². The molecule has 2 heterocycles. The first-order valence-corrected chi connectivity index (χ1v) is 8.64. The topological polar surface area (TPSA) is 65.2 Å². The molecule has 1 unspecified atom stereocenters. The van der Waals surface area contributed by atoms with E-state index in [1.807, 2.05) is 42.5 Å². The Kier molecular flexibility index (Phi) is 5.19. The van der Waals surface area contributed by atoms with E-state index in [1.165, 1.54) is 7.11 Å². The molecule has 0 spiro atoms. The fourth-order valence-corrected chi connectivity index (χ4v) is 3.17. The molecule has 0 aliphatic heterocycles. The summed E-state index contributed by atoms with van der Waals surface area (Å²) in [5, 5.41) is 0.890. The van der Waals surface area contributed by atoms with Gasteiger partial charge in [-0.05, 0) is 38.1 Å². The van der Waals surface area contributed by atoms with Crippen molar-refractivity contribution in [2.24, 2.45) is 0 Å². The van der Waals surface area contributed by atoms with Crippen molar-refractivity contribution in [1.82, 2.24) is 9.97 Å². The zero-order valence-corrected chi connectivity index (χ0v) is 15.0. The highest BCUT2D eigenvalue weighted by Crippen LogP contribution is 2.29. The average molecular weight is 354 g/mol. The van der Waals surface area contributed by atoms with E-state index in [4.69, 9.17) is 9.15 Å². The van der Waals surface area contributed by atoms with Crippen molar-refractivity contribution in [3.63, 3.8) is 0 Å². The SMILES string of the molecule is COC(=O)C(C)c1nc(-c2ccc(Sc3ccccc3)nc2)oc1C. The lowest BCUT2D eigenvalue weighted by Crippen LogP contribution is -2.12. The third-order valence-corrected chi connectivity index (χ3v) is 4.70. The van der Waals surface area contributed by atoms with Crippen LogP contribution in [0.4, 0.5) is 0 Å². The van der Waals surface area contributed by atoms with Gasteiger partial charge < -0.3 is 9.15 Å². The summed E-state index contributed by atoms with van der Waals surface area (Å²) < 4.78 is 10.5. The van der Waals surface area contributed by atoms with Gasteiger partial charge in [0.05, 0.1) is 24.3 Å². The van der Waals surface area contributed by atoms with Gasteiger partial charge >= 0.3 is 5.97 Å². The predicted molar refractivity (Wildman–Crippen MR) is 95.5 cm³/mol. The molecule has 128 valence electrons. The number of esters is 1. The Labute approximate surface area is 150 Å². The lowest BCUT2D eigenvalue weighted by atomic mass is 10.1. The van der Waals surface area contributed by atoms with E-state index >= 15 is 0 Å². The van der Waals surface area contributed by atoms with Crippen molar-refractivity contribution in [2.45, 2.75) is 29.7 Å². The summed E-state index contributed by atoms with van der Waals surface area (Å²) in [6.07, 6.45) is 1.73. The first kappa shape index (κ1) is 17.2. The van der Waals surface area contributed by atoms with Crippen LogP contribution in [0.25, 0.3) is 11.5 Å². The monoisotopic (exact) mass is 354 g/mol. The maximum Gasteiger partial charge on any atom is 0.314 e. The minimum Gasteiger partial charge on any atom is -0.469 e. The molecule has 1 aromatic carbocycles. The van der Waals surface area contributed by atoms with Crippen LogP contribution in [-0.4, -0.2) is 23.0 Å². The van der Waals surface area contributed by atoms with E-state index in [-0.39, 0.29) is 5.97 Å². The summed E-state index contributed by atoms with van der Waals surface area (Å²) in [5.41, 5.74) is 1.36. The summed E-state index contributed by atoms with van der Waals surface area (Å²) in [6.45, 7) is 3.54. The van der Waals surface area contributed by atoms with E-state index < -0.39 is 5.92 Å². The van der Waals surface area contributed by atoms with Crippen LogP contribution in [0.15, 0.2) is 63.0 Å². The second kappa shape index (κ2) is 7.53. The van der Waals surface area contributed by atoms with Gasteiger partial charge in [0.25, 0.3) is 0 Å². The van der Waals surface area contributed by atoms with Gasteiger partial charge in [0.2, 0.25) is 5.89 Å². The number of methoxy groups -OCH3 is 1.